The van der Waals surface area contributed by atoms with Crippen molar-refractivity contribution < 1.29 is 22.0 Å². The molecule has 25 heavy (non-hydrogen) atoms. The van der Waals surface area contributed by atoms with Crippen molar-refractivity contribution in [3.05, 3.63) is 58.1 Å². The average molecular weight is 409 g/mol. The molecule has 0 spiro atoms. The summed E-state index contributed by atoms with van der Waals surface area (Å²) in [6.45, 7) is -0.650. The fourth-order valence-electron chi connectivity index (χ4n) is 1.95. The summed E-state index contributed by atoms with van der Waals surface area (Å²) in [5.74, 6) is -3.08. The summed E-state index contributed by atoms with van der Waals surface area (Å²) in [7, 11) is -3.92. The highest BCUT2D eigenvalue weighted by Gasteiger charge is 2.22. The summed E-state index contributed by atoms with van der Waals surface area (Å²) in [5.41, 5.74) is 0.0496. The van der Waals surface area contributed by atoms with E-state index in [-0.39, 0.29) is 16.4 Å². The van der Waals surface area contributed by atoms with E-state index in [2.05, 4.69) is 5.32 Å². The van der Waals surface area contributed by atoms with Crippen LogP contribution in [0, 0.1) is 11.6 Å². The number of benzene rings is 2. The van der Waals surface area contributed by atoms with Gasteiger partial charge >= 0.3 is 0 Å². The summed E-state index contributed by atoms with van der Waals surface area (Å²) in [4.78, 5) is 12.2. The molecule has 0 atom stereocenters. The molecule has 0 saturated carbocycles. The van der Waals surface area contributed by atoms with Crippen LogP contribution in [0.5, 0.6) is 0 Å². The van der Waals surface area contributed by atoms with Gasteiger partial charge in [0.25, 0.3) is 0 Å². The number of carbonyl (C=O) groups is 1. The number of halogens is 4. The Morgan fingerprint density at radius 3 is 2.36 bits per heavy atom. The molecular weight excluding hydrogens is 397 g/mol. The molecule has 10 heteroatoms. The van der Waals surface area contributed by atoms with Crippen molar-refractivity contribution in [1.82, 2.24) is 0 Å². The van der Waals surface area contributed by atoms with E-state index in [1.807, 2.05) is 0 Å². The summed E-state index contributed by atoms with van der Waals surface area (Å²) in [5, 5.41) is 2.96. The minimum Gasteiger partial charge on any atom is -0.323 e. The minimum atomic E-state index is -3.92. The second-order valence-electron chi connectivity index (χ2n) is 5.04. The van der Waals surface area contributed by atoms with Crippen LogP contribution in [0.25, 0.3) is 0 Å². The van der Waals surface area contributed by atoms with Gasteiger partial charge in [0.15, 0.2) is 11.6 Å². The number of hydrogen-bond acceptors (Lipinski definition) is 3. The van der Waals surface area contributed by atoms with E-state index in [0.717, 1.165) is 18.4 Å². The molecule has 0 aliphatic carbocycles. The number of amides is 1. The Labute approximate surface area is 153 Å². The molecule has 0 bridgehead atoms. The monoisotopic (exact) mass is 408 g/mol. The Bertz CT molecular complexity index is 923. The second kappa shape index (κ2) is 7.55. The van der Waals surface area contributed by atoms with E-state index < -0.39 is 34.1 Å². The van der Waals surface area contributed by atoms with Crippen molar-refractivity contribution in [2.75, 3.05) is 22.4 Å². The van der Waals surface area contributed by atoms with Gasteiger partial charge in [0.05, 0.1) is 22.7 Å². The van der Waals surface area contributed by atoms with E-state index in [1.165, 1.54) is 18.2 Å². The zero-order valence-corrected chi connectivity index (χ0v) is 15.1. The van der Waals surface area contributed by atoms with E-state index in [9.17, 15) is 22.0 Å². The Balaban J connectivity index is 2.25. The highest BCUT2D eigenvalue weighted by atomic mass is 35.5. The highest BCUT2D eigenvalue weighted by molar-refractivity contribution is 7.92. The molecule has 134 valence electrons. The van der Waals surface area contributed by atoms with Crippen molar-refractivity contribution >= 4 is 50.5 Å². The topological polar surface area (TPSA) is 66.5 Å². The number of rotatable bonds is 5. The lowest BCUT2D eigenvalue weighted by Gasteiger charge is -2.22. The third kappa shape index (κ3) is 5.04. The maximum Gasteiger partial charge on any atom is 0.245 e. The molecule has 2 rings (SSSR count). The molecule has 5 nitrogen and oxygen atoms in total. The molecule has 0 radical (unpaired) electrons. The van der Waals surface area contributed by atoms with Crippen LogP contribution in [0.3, 0.4) is 0 Å². The lowest BCUT2D eigenvalue weighted by atomic mass is 10.3. The molecule has 0 fully saturated rings. The quantitative estimate of drug-likeness (QED) is 0.820. The third-order valence-corrected chi connectivity index (χ3v) is 4.77. The van der Waals surface area contributed by atoms with Gasteiger partial charge in [0.2, 0.25) is 15.9 Å². The largest absolute Gasteiger partial charge is 0.323 e. The standard InChI is InChI=1S/C15H12Cl2F2N2O3S/c1-25(23,24)21(10-3-4-12(18)13(19)7-10)8-15(22)20-14-5-2-9(16)6-11(14)17/h2-7H,8H2,1H3,(H,20,22). The first-order valence-corrected chi connectivity index (χ1v) is 9.36. The molecule has 1 N–H and O–H groups in total. The first kappa shape index (κ1) is 19.4. The summed E-state index contributed by atoms with van der Waals surface area (Å²) in [6.07, 6.45) is 0.844. The van der Waals surface area contributed by atoms with Gasteiger partial charge in [0, 0.05) is 11.1 Å². The molecule has 0 saturated heterocycles. The van der Waals surface area contributed by atoms with Gasteiger partial charge in [-0.1, -0.05) is 23.2 Å². The van der Waals surface area contributed by atoms with Crippen molar-refractivity contribution in [2.45, 2.75) is 0 Å². The number of nitrogens with one attached hydrogen (secondary N) is 1. The zero-order valence-electron chi connectivity index (χ0n) is 12.8. The molecule has 0 aliphatic rings. The summed E-state index contributed by atoms with van der Waals surface area (Å²) in [6, 6.07) is 6.87. The number of carbonyl (C=O) groups excluding carboxylic acids is 1. The van der Waals surface area contributed by atoms with E-state index in [1.54, 1.807) is 0 Å². The molecule has 2 aromatic carbocycles. The maximum atomic E-state index is 13.4. The average Bonchev–Trinajstić information content (AvgIpc) is 2.49. The normalized spacial score (nSPS) is 11.2. The van der Waals surface area contributed by atoms with Crippen molar-refractivity contribution in [1.29, 1.82) is 0 Å². The molecule has 0 unspecified atom stereocenters. The van der Waals surface area contributed by atoms with Crippen LogP contribution in [-0.2, 0) is 14.8 Å². The number of hydrogen-bond donors (Lipinski definition) is 1. The maximum absolute atomic E-state index is 13.4. The van der Waals surface area contributed by atoms with Gasteiger partial charge in [-0.2, -0.15) is 0 Å². The van der Waals surface area contributed by atoms with Gasteiger partial charge in [-0.15, -0.1) is 0 Å². The Hall–Kier alpha value is -1.90. The van der Waals surface area contributed by atoms with Crippen molar-refractivity contribution in [3.63, 3.8) is 0 Å². The lowest BCUT2D eigenvalue weighted by molar-refractivity contribution is -0.114. The van der Waals surface area contributed by atoms with E-state index in [0.29, 0.717) is 15.4 Å². The number of sulfonamides is 1. The van der Waals surface area contributed by atoms with Crippen molar-refractivity contribution in [3.8, 4) is 0 Å². The molecule has 1 amide bonds. The van der Waals surface area contributed by atoms with Crippen LogP contribution in [-0.4, -0.2) is 27.1 Å². The number of nitrogens with zero attached hydrogens (tertiary/aromatic N) is 1. The van der Waals surface area contributed by atoms with Gasteiger partial charge in [-0.3, -0.25) is 9.10 Å². The molecular formula is C15H12Cl2F2N2O3S. The Morgan fingerprint density at radius 1 is 1.12 bits per heavy atom. The van der Waals surface area contributed by atoms with Crippen LogP contribution in [0.1, 0.15) is 0 Å². The van der Waals surface area contributed by atoms with Gasteiger partial charge in [0.1, 0.15) is 6.54 Å². The van der Waals surface area contributed by atoms with Crippen LogP contribution in [0.4, 0.5) is 20.2 Å². The van der Waals surface area contributed by atoms with Gasteiger partial charge in [-0.25, -0.2) is 17.2 Å². The molecule has 0 aliphatic heterocycles. The molecule has 0 aromatic heterocycles. The summed E-state index contributed by atoms with van der Waals surface area (Å²) >= 11 is 11.7. The van der Waals surface area contributed by atoms with Crippen molar-refractivity contribution in [2.24, 2.45) is 0 Å². The highest BCUT2D eigenvalue weighted by Crippen LogP contribution is 2.26. The van der Waals surface area contributed by atoms with E-state index in [4.69, 9.17) is 23.2 Å². The smallest absolute Gasteiger partial charge is 0.245 e. The molecule has 2 aromatic rings. The van der Waals surface area contributed by atoms with Crippen LogP contribution >= 0.6 is 23.2 Å². The Kier molecular flexibility index (Phi) is 5.87. The lowest BCUT2D eigenvalue weighted by Crippen LogP contribution is -2.37. The first-order chi connectivity index (χ1) is 11.6. The van der Waals surface area contributed by atoms with Crippen LogP contribution in [0.15, 0.2) is 36.4 Å². The van der Waals surface area contributed by atoms with Crippen LogP contribution < -0.4 is 9.62 Å². The third-order valence-electron chi connectivity index (χ3n) is 3.08. The predicted octanol–water partition coefficient (Wildman–Crippen LogP) is 3.68. The minimum absolute atomic E-state index is 0.166. The zero-order chi connectivity index (χ0) is 18.8. The van der Waals surface area contributed by atoms with E-state index >= 15 is 0 Å². The second-order valence-corrected chi connectivity index (χ2v) is 7.79. The fraction of sp³-hybridized carbons (Fsp3) is 0.133. The molecule has 0 heterocycles. The first-order valence-electron chi connectivity index (χ1n) is 6.75. The number of anilines is 2. The van der Waals surface area contributed by atoms with Gasteiger partial charge in [-0.05, 0) is 30.3 Å². The Morgan fingerprint density at radius 2 is 1.80 bits per heavy atom. The SMILES string of the molecule is CS(=O)(=O)N(CC(=O)Nc1ccc(Cl)cc1Cl)c1ccc(F)c(F)c1. The van der Waals surface area contributed by atoms with Crippen LogP contribution in [0.2, 0.25) is 10.0 Å². The predicted molar refractivity (Wildman–Crippen MR) is 93.6 cm³/mol. The van der Waals surface area contributed by atoms with Gasteiger partial charge < -0.3 is 5.32 Å². The fourth-order valence-corrected chi connectivity index (χ4v) is 3.26. The summed E-state index contributed by atoms with van der Waals surface area (Å²) < 4.78 is 50.9.